The van der Waals surface area contributed by atoms with Gasteiger partial charge in [0.25, 0.3) is 0 Å². The van der Waals surface area contributed by atoms with Crippen molar-refractivity contribution in [3.63, 3.8) is 0 Å². The first-order valence-corrected chi connectivity index (χ1v) is 2.70. The average Bonchev–Trinajstić information content (AvgIpc) is 1.67. The monoisotopic (exact) mass is 151 g/mol. The van der Waals surface area contributed by atoms with Crippen molar-refractivity contribution >= 4 is 28.8 Å². The van der Waals surface area contributed by atoms with Crippen molar-refractivity contribution < 1.29 is 5.11 Å². The molecule has 0 aliphatic heterocycles. The fraction of sp³-hybridized carbons (Fsp3) is 0.250. The van der Waals surface area contributed by atoms with Crippen molar-refractivity contribution in [2.24, 2.45) is 0 Å². The highest BCUT2D eigenvalue weighted by molar-refractivity contribution is 7.81. The molecule has 0 aromatic heterocycles. The summed E-state index contributed by atoms with van der Waals surface area (Å²) in [6.07, 6.45) is 0. The van der Waals surface area contributed by atoms with Crippen molar-refractivity contribution in [1.82, 2.24) is 5.32 Å². The van der Waals surface area contributed by atoms with Gasteiger partial charge in [-0.2, -0.15) is 0 Å². The third-order valence-corrected chi connectivity index (χ3v) is 1.18. The third-order valence-electron chi connectivity index (χ3n) is 0.486. The molecular weight excluding hydrogens is 146 g/mol. The van der Waals surface area contributed by atoms with Gasteiger partial charge in [-0.3, -0.25) is 0 Å². The van der Waals surface area contributed by atoms with Gasteiger partial charge in [0.1, 0.15) is 11.7 Å². The molecule has 0 unspecified atom stereocenters. The van der Waals surface area contributed by atoms with E-state index in [1.165, 1.54) is 0 Å². The zero-order valence-corrected chi connectivity index (χ0v) is 5.72. The van der Waals surface area contributed by atoms with Crippen LogP contribution < -0.4 is 5.32 Å². The highest BCUT2D eigenvalue weighted by Gasteiger charge is 1.93. The van der Waals surface area contributed by atoms with Crippen LogP contribution in [0.5, 0.6) is 0 Å². The van der Waals surface area contributed by atoms with Crippen LogP contribution >= 0.6 is 23.8 Å². The number of hydrogen-bond acceptors (Lipinski definition) is 2. The lowest BCUT2D eigenvalue weighted by molar-refractivity contribution is 0.287. The van der Waals surface area contributed by atoms with Crippen molar-refractivity contribution in [3.8, 4) is 0 Å². The standard InChI is InChI=1S/C4H6ClNOS/c1-3(5)4(8)6-2-7/h7H,1-2H2,(H,6,8). The van der Waals surface area contributed by atoms with E-state index in [-0.39, 0.29) is 16.8 Å². The van der Waals surface area contributed by atoms with Crippen LogP contribution in [-0.2, 0) is 0 Å². The molecule has 8 heavy (non-hydrogen) atoms. The van der Waals surface area contributed by atoms with E-state index in [9.17, 15) is 0 Å². The summed E-state index contributed by atoms with van der Waals surface area (Å²) in [5.41, 5.74) is 0. The van der Waals surface area contributed by atoms with Gasteiger partial charge in [0.2, 0.25) is 0 Å². The zero-order chi connectivity index (χ0) is 6.57. The molecule has 2 nitrogen and oxygen atoms in total. The maximum Gasteiger partial charge on any atom is 0.119 e. The zero-order valence-electron chi connectivity index (χ0n) is 4.15. The third kappa shape index (κ3) is 2.96. The molecule has 0 fully saturated rings. The Hall–Kier alpha value is -0.120. The van der Waals surface area contributed by atoms with Gasteiger partial charge in [0.05, 0.1) is 5.03 Å². The minimum absolute atomic E-state index is 0.204. The first-order valence-electron chi connectivity index (χ1n) is 1.92. The molecule has 2 N–H and O–H groups in total. The lowest BCUT2D eigenvalue weighted by atomic mass is 10.6. The van der Waals surface area contributed by atoms with Crippen molar-refractivity contribution in [2.45, 2.75) is 0 Å². The fourth-order valence-corrected chi connectivity index (χ4v) is 0.299. The summed E-state index contributed by atoms with van der Waals surface area (Å²) in [7, 11) is 0. The van der Waals surface area contributed by atoms with Gasteiger partial charge in [-0.25, -0.2) is 0 Å². The molecule has 0 saturated carbocycles. The van der Waals surface area contributed by atoms with Gasteiger partial charge in [-0.05, 0) is 0 Å². The molecule has 0 aromatic carbocycles. The maximum atomic E-state index is 8.19. The molecule has 0 bridgehead atoms. The van der Waals surface area contributed by atoms with E-state index in [0.29, 0.717) is 0 Å². The number of aliphatic hydroxyl groups is 1. The summed E-state index contributed by atoms with van der Waals surface area (Å²) in [5, 5.41) is 10.8. The first kappa shape index (κ1) is 7.88. The van der Waals surface area contributed by atoms with Crippen LogP contribution in [0, 0.1) is 0 Å². The fourth-order valence-electron chi connectivity index (χ4n) is 0.168. The highest BCUT2D eigenvalue weighted by Crippen LogP contribution is 1.96. The van der Waals surface area contributed by atoms with Gasteiger partial charge < -0.3 is 10.4 Å². The molecule has 0 aliphatic rings. The molecule has 4 heteroatoms. The lowest BCUT2D eigenvalue weighted by Gasteiger charge is -1.98. The second-order valence-corrected chi connectivity index (χ2v) is 1.93. The summed E-state index contributed by atoms with van der Waals surface area (Å²) in [5.74, 6) is 0. The topological polar surface area (TPSA) is 32.3 Å². The predicted octanol–water partition coefficient (Wildman–Crippen LogP) is 0.606. The largest absolute Gasteiger partial charge is 0.377 e. The summed E-state index contributed by atoms with van der Waals surface area (Å²) >= 11 is 9.87. The Kier molecular flexibility index (Phi) is 3.77. The summed E-state index contributed by atoms with van der Waals surface area (Å²) in [6, 6.07) is 0. The quantitative estimate of drug-likeness (QED) is 0.345. The van der Waals surface area contributed by atoms with Gasteiger partial charge >= 0.3 is 0 Å². The van der Waals surface area contributed by atoms with E-state index < -0.39 is 0 Å². The minimum atomic E-state index is -0.204. The van der Waals surface area contributed by atoms with Gasteiger partial charge in [-0.15, -0.1) is 0 Å². The van der Waals surface area contributed by atoms with Crippen LogP contribution in [0.1, 0.15) is 0 Å². The van der Waals surface area contributed by atoms with Crippen LogP contribution in [-0.4, -0.2) is 16.8 Å². The van der Waals surface area contributed by atoms with Gasteiger partial charge in [0.15, 0.2) is 0 Å². The van der Waals surface area contributed by atoms with E-state index in [0.717, 1.165) is 0 Å². The van der Waals surface area contributed by atoms with Crippen LogP contribution in [0.2, 0.25) is 0 Å². The van der Waals surface area contributed by atoms with E-state index in [2.05, 4.69) is 24.1 Å². The number of aliphatic hydroxyl groups excluding tert-OH is 1. The van der Waals surface area contributed by atoms with Crippen LogP contribution in [0.25, 0.3) is 0 Å². The lowest BCUT2D eigenvalue weighted by Crippen LogP contribution is -2.21. The van der Waals surface area contributed by atoms with E-state index in [1.54, 1.807) is 0 Å². The van der Waals surface area contributed by atoms with Crippen molar-refractivity contribution in [1.29, 1.82) is 0 Å². The van der Waals surface area contributed by atoms with E-state index >= 15 is 0 Å². The Morgan fingerprint density at radius 1 is 1.88 bits per heavy atom. The number of halogens is 1. The Morgan fingerprint density at radius 2 is 2.38 bits per heavy atom. The van der Waals surface area contributed by atoms with Crippen LogP contribution in [0.15, 0.2) is 11.6 Å². The normalized spacial score (nSPS) is 8.25. The Bertz CT molecular complexity index is 115. The highest BCUT2D eigenvalue weighted by atomic mass is 35.5. The predicted molar refractivity (Wildman–Crippen MR) is 37.8 cm³/mol. The summed E-state index contributed by atoms with van der Waals surface area (Å²) in [4.78, 5) is 0.286. The molecule has 0 rings (SSSR count). The molecule has 0 aromatic rings. The van der Waals surface area contributed by atoms with Crippen LogP contribution in [0.4, 0.5) is 0 Å². The van der Waals surface area contributed by atoms with E-state index in [4.69, 9.17) is 16.7 Å². The van der Waals surface area contributed by atoms with Gasteiger partial charge in [0, 0.05) is 0 Å². The first-order chi connectivity index (χ1) is 3.68. The number of thiocarbonyl (C=S) groups is 1. The maximum absolute atomic E-state index is 8.19. The average molecular weight is 152 g/mol. The Balaban J connectivity index is 3.49. The van der Waals surface area contributed by atoms with Gasteiger partial charge in [-0.1, -0.05) is 30.4 Å². The SMILES string of the molecule is C=C(Cl)C(=S)NCO. The number of nitrogens with one attached hydrogen (secondary N) is 1. The smallest absolute Gasteiger partial charge is 0.119 e. The Morgan fingerprint density at radius 3 is 2.50 bits per heavy atom. The molecule has 0 radical (unpaired) electrons. The van der Waals surface area contributed by atoms with Crippen molar-refractivity contribution in [2.75, 3.05) is 6.73 Å². The number of hydrogen-bond donors (Lipinski definition) is 2. The molecular formula is C4H6ClNOS. The second-order valence-electron chi connectivity index (χ2n) is 1.07. The molecule has 0 saturated heterocycles. The van der Waals surface area contributed by atoms with E-state index in [1.807, 2.05) is 0 Å². The molecule has 0 amide bonds. The summed E-state index contributed by atoms with van der Waals surface area (Å²) < 4.78 is 0. The molecule has 0 heterocycles. The molecule has 0 atom stereocenters. The molecule has 0 aliphatic carbocycles. The van der Waals surface area contributed by atoms with Crippen molar-refractivity contribution in [3.05, 3.63) is 11.6 Å². The Labute approximate surface area is 58.2 Å². The van der Waals surface area contributed by atoms with Crippen LogP contribution in [0.3, 0.4) is 0 Å². The molecule has 46 valence electrons. The minimum Gasteiger partial charge on any atom is -0.377 e. The molecule has 0 spiro atoms. The number of rotatable bonds is 2. The second kappa shape index (κ2) is 3.83. The summed E-state index contributed by atoms with van der Waals surface area (Å²) in [6.45, 7) is 3.12.